The van der Waals surface area contributed by atoms with E-state index in [0.29, 0.717) is 34.3 Å². The van der Waals surface area contributed by atoms with Crippen LogP contribution in [0.25, 0.3) is 0 Å². The van der Waals surface area contributed by atoms with Gasteiger partial charge in [0.15, 0.2) is 23.1 Å². The molecule has 8 heteroatoms. The first-order valence-corrected chi connectivity index (χ1v) is 7.27. The average molecular weight is 349 g/mol. The van der Waals surface area contributed by atoms with E-state index in [9.17, 15) is 4.39 Å². The second kappa shape index (κ2) is 8.20. The van der Waals surface area contributed by atoms with Crippen LogP contribution in [-0.2, 0) is 0 Å². The van der Waals surface area contributed by atoms with Gasteiger partial charge in [0, 0.05) is 11.6 Å². The smallest absolute Gasteiger partial charge is 0.203 e. The molecule has 0 aliphatic heterocycles. The normalized spacial score (nSPS) is 11.0. The number of hydrogen-bond acceptors (Lipinski definition) is 6. The maximum atomic E-state index is 13.8. The van der Waals surface area contributed by atoms with Crippen molar-refractivity contribution in [2.24, 2.45) is 10.8 Å². The average Bonchev–Trinajstić information content (AvgIpc) is 2.64. The molecule has 3 N–H and O–H groups in total. The van der Waals surface area contributed by atoms with Crippen molar-refractivity contribution >= 4 is 11.5 Å². The number of rotatable bonds is 6. The van der Waals surface area contributed by atoms with Gasteiger partial charge in [-0.15, -0.1) is 0 Å². The first-order valence-electron chi connectivity index (χ1n) is 7.27. The van der Waals surface area contributed by atoms with Crippen molar-refractivity contribution in [1.82, 2.24) is 5.43 Å². The van der Waals surface area contributed by atoms with E-state index in [-0.39, 0.29) is 5.75 Å². The fourth-order valence-electron chi connectivity index (χ4n) is 2.25. The maximum Gasteiger partial charge on any atom is 0.203 e. The molecule has 0 unspecified atom stereocenters. The first kappa shape index (κ1) is 18.3. The van der Waals surface area contributed by atoms with E-state index < -0.39 is 5.82 Å². The van der Waals surface area contributed by atoms with E-state index in [1.54, 1.807) is 18.2 Å². The number of nitrogens with zero attached hydrogens (tertiary/aromatic N) is 1. The fraction of sp³-hybridized carbons (Fsp3) is 0.235. The zero-order chi connectivity index (χ0) is 18.4. The van der Waals surface area contributed by atoms with E-state index in [2.05, 4.69) is 10.4 Å². The molecule has 2 aromatic carbocycles. The molecule has 2 rings (SSSR count). The summed E-state index contributed by atoms with van der Waals surface area (Å²) in [6, 6.07) is 7.70. The Morgan fingerprint density at radius 2 is 1.52 bits per heavy atom. The van der Waals surface area contributed by atoms with Crippen LogP contribution < -0.4 is 30.2 Å². The van der Waals surface area contributed by atoms with Crippen LogP contribution in [-0.4, -0.2) is 34.3 Å². The Hall–Kier alpha value is -3.00. The molecule has 0 aliphatic rings. The number of benzene rings is 2. The van der Waals surface area contributed by atoms with E-state index in [4.69, 9.17) is 24.8 Å². The lowest BCUT2D eigenvalue weighted by Gasteiger charge is -2.15. The third kappa shape index (κ3) is 3.92. The molecule has 0 aliphatic carbocycles. The molecule has 0 heterocycles. The predicted molar refractivity (Wildman–Crippen MR) is 92.6 cm³/mol. The Labute approximate surface area is 145 Å². The molecular formula is C17H20FN3O4. The summed E-state index contributed by atoms with van der Waals surface area (Å²) in [5, 5.41) is 0. The minimum absolute atomic E-state index is 0.133. The molecule has 0 saturated heterocycles. The van der Waals surface area contributed by atoms with Crippen molar-refractivity contribution < 1.29 is 23.3 Å². The molecule has 0 fully saturated rings. The highest BCUT2D eigenvalue weighted by atomic mass is 19.1. The molecule has 0 aromatic heterocycles. The molecule has 0 saturated carbocycles. The maximum absolute atomic E-state index is 13.8. The Kier molecular flexibility index (Phi) is 6.02. The highest BCUT2D eigenvalue weighted by Gasteiger charge is 2.16. The molecule has 7 nitrogen and oxygen atoms in total. The Bertz CT molecular complexity index is 755. The summed E-state index contributed by atoms with van der Waals surface area (Å²) >= 11 is 0. The molecule has 2 aromatic rings. The van der Waals surface area contributed by atoms with Gasteiger partial charge in [0.1, 0.15) is 5.84 Å². The molecule has 25 heavy (non-hydrogen) atoms. The molecule has 0 bridgehead atoms. The third-order valence-electron chi connectivity index (χ3n) is 3.45. The van der Waals surface area contributed by atoms with Gasteiger partial charge in [0.25, 0.3) is 0 Å². The number of nitrogens with two attached hydrogens (primary N) is 1. The highest BCUT2D eigenvalue weighted by molar-refractivity contribution is 6.01. The molecule has 0 atom stereocenters. The van der Waals surface area contributed by atoms with E-state index in [1.165, 1.54) is 40.6 Å². The van der Waals surface area contributed by atoms with Gasteiger partial charge >= 0.3 is 0 Å². The van der Waals surface area contributed by atoms with Gasteiger partial charge in [-0.25, -0.2) is 15.2 Å². The second-order valence-corrected chi connectivity index (χ2v) is 4.84. The number of hydrazine groups is 1. The summed E-state index contributed by atoms with van der Waals surface area (Å²) in [6.45, 7) is 0. The summed E-state index contributed by atoms with van der Waals surface area (Å²) < 4.78 is 34.6. The number of methoxy groups -OCH3 is 4. The molecular weight excluding hydrogens is 329 g/mol. The Morgan fingerprint density at radius 1 is 0.920 bits per heavy atom. The minimum Gasteiger partial charge on any atom is -0.494 e. The second-order valence-electron chi connectivity index (χ2n) is 4.84. The number of halogens is 1. The van der Waals surface area contributed by atoms with Crippen LogP contribution in [0.15, 0.2) is 35.3 Å². The van der Waals surface area contributed by atoms with Crippen molar-refractivity contribution in [2.75, 3.05) is 28.4 Å². The van der Waals surface area contributed by atoms with Crippen molar-refractivity contribution in [1.29, 1.82) is 0 Å². The zero-order valence-electron chi connectivity index (χ0n) is 14.4. The third-order valence-corrected chi connectivity index (χ3v) is 3.45. The van der Waals surface area contributed by atoms with Crippen LogP contribution in [0.1, 0.15) is 5.56 Å². The monoisotopic (exact) mass is 349 g/mol. The number of amidine groups is 1. The standard InChI is InChI=1S/C17H20FN3O4/c1-22-13-6-5-11(9-12(13)18)20-17(21-19)10-7-14(23-2)16(25-4)15(8-10)24-3/h5-9H,19H2,1-4H3,(H,20,21). The van der Waals surface area contributed by atoms with Crippen LogP contribution in [0.5, 0.6) is 23.0 Å². The topological polar surface area (TPSA) is 87.3 Å². The predicted octanol–water partition coefficient (Wildman–Crippen LogP) is 2.40. The number of hydrogen-bond donors (Lipinski definition) is 2. The van der Waals surface area contributed by atoms with Crippen molar-refractivity contribution in [3.8, 4) is 23.0 Å². The molecule has 134 valence electrons. The van der Waals surface area contributed by atoms with Gasteiger partial charge in [-0.3, -0.25) is 0 Å². The summed E-state index contributed by atoms with van der Waals surface area (Å²) in [5.41, 5.74) is 3.44. The van der Waals surface area contributed by atoms with E-state index in [0.717, 1.165) is 0 Å². The SMILES string of the molecule is COc1ccc(N=C(NN)c2cc(OC)c(OC)c(OC)c2)cc1F. The Morgan fingerprint density at radius 3 is 1.96 bits per heavy atom. The van der Waals surface area contributed by atoms with Crippen LogP contribution >= 0.6 is 0 Å². The van der Waals surface area contributed by atoms with Gasteiger partial charge in [-0.2, -0.15) is 0 Å². The molecule has 0 radical (unpaired) electrons. The minimum atomic E-state index is -0.523. The van der Waals surface area contributed by atoms with Crippen molar-refractivity contribution in [2.45, 2.75) is 0 Å². The number of nitrogens with one attached hydrogen (secondary N) is 1. The summed E-state index contributed by atoms with van der Waals surface area (Å²) in [5.74, 6) is 6.83. The van der Waals surface area contributed by atoms with Gasteiger partial charge in [-0.05, 0) is 24.3 Å². The van der Waals surface area contributed by atoms with Crippen molar-refractivity contribution in [3.63, 3.8) is 0 Å². The Balaban J connectivity index is 2.51. The van der Waals surface area contributed by atoms with Crippen LogP contribution in [0.2, 0.25) is 0 Å². The summed E-state index contributed by atoms with van der Waals surface area (Å²) in [7, 11) is 5.92. The lowest BCUT2D eigenvalue weighted by Crippen LogP contribution is -2.31. The zero-order valence-corrected chi connectivity index (χ0v) is 14.4. The van der Waals surface area contributed by atoms with Crippen LogP contribution in [0.4, 0.5) is 10.1 Å². The van der Waals surface area contributed by atoms with E-state index >= 15 is 0 Å². The van der Waals surface area contributed by atoms with Gasteiger partial charge in [0.2, 0.25) is 5.75 Å². The fourth-order valence-corrected chi connectivity index (χ4v) is 2.25. The number of aliphatic imine (C=N–C) groups is 1. The molecule has 0 spiro atoms. The largest absolute Gasteiger partial charge is 0.494 e. The van der Waals surface area contributed by atoms with Crippen molar-refractivity contribution in [3.05, 3.63) is 41.7 Å². The molecule has 0 amide bonds. The van der Waals surface area contributed by atoms with Crippen LogP contribution in [0, 0.1) is 5.82 Å². The van der Waals surface area contributed by atoms with Gasteiger partial charge in [-0.1, -0.05) is 0 Å². The van der Waals surface area contributed by atoms with Crippen LogP contribution in [0.3, 0.4) is 0 Å². The van der Waals surface area contributed by atoms with Gasteiger partial charge < -0.3 is 24.4 Å². The number of ether oxygens (including phenoxy) is 4. The quantitative estimate of drug-likeness (QED) is 0.360. The highest BCUT2D eigenvalue weighted by Crippen LogP contribution is 2.38. The van der Waals surface area contributed by atoms with Gasteiger partial charge in [0.05, 0.1) is 34.1 Å². The van der Waals surface area contributed by atoms with E-state index in [1.807, 2.05) is 0 Å². The summed E-state index contributed by atoms with van der Waals surface area (Å²) in [6.07, 6.45) is 0. The summed E-state index contributed by atoms with van der Waals surface area (Å²) in [4.78, 5) is 4.32. The lowest BCUT2D eigenvalue weighted by molar-refractivity contribution is 0.324. The lowest BCUT2D eigenvalue weighted by atomic mass is 10.1. The first-order chi connectivity index (χ1) is 12.1.